The Labute approximate surface area is 687 Å². The van der Waals surface area contributed by atoms with Crippen LogP contribution in [-0.4, -0.2) is 205 Å². The molecule has 0 aromatic rings. The second kappa shape index (κ2) is 67.1. The van der Waals surface area contributed by atoms with Crippen LogP contribution in [0.4, 0.5) is 0 Å². The van der Waals surface area contributed by atoms with Crippen molar-refractivity contribution in [3.8, 4) is 0 Å². The minimum atomic E-state index is -5.80. The SMILES string of the molecule is CCCCCCCCCCCCCCCC(=O)OCC(COP(=O)(O)OC1C(OC2OC(CO)C(O)C(O)C2O)C(O)C(O)C(OC(=O)CCCCCCCCC(C)CCCCCCCC)C1OC1OC(COC(=O)CCCCCCCCCCCCCCC)C(O)C(O)C1O)OC(=O)CCCCCCCCCCCCCCC. The lowest BCUT2D eigenvalue weighted by Crippen LogP contribution is -2.70. The zero-order chi connectivity index (χ0) is 83.4. The predicted octanol–water partition coefficient (Wildman–Crippen LogP) is 16.5. The van der Waals surface area contributed by atoms with Crippen molar-refractivity contribution in [2.24, 2.45) is 5.92 Å². The number of carbonyl (C=O) groups excluding carboxylic acids is 4. The number of aliphatic hydroxyl groups is 9. The zero-order valence-corrected chi connectivity index (χ0v) is 72.5. The maximum absolute atomic E-state index is 14.9. The van der Waals surface area contributed by atoms with Crippen LogP contribution in [0.3, 0.4) is 0 Å². The average Bonchev–Trinajstić information content (AvgIpc) is 0.754. The Bertz CT molecular complexity index is 2400. The highest BCUT2D eigenvalue weighted by molar-refractivity contribution is 7.47. The molecule has 2 heterocycles. The Kier molecular flexibility index (Phi) is 62.2. The van der Waals surface area contributed by atoms with E-state index < -0.39 is 162 Å². The number of hydrogen-bond acceptors (Lipinski definition) is 24. The summed E-state index contributed by atoms with van der Waals surface area (Å²) in [7, 11) is -5.80. The fourth-order valence-electron chi connectivity index (χ4n) is 15.6. The number of aliphatic hydroxyl groups excluding tert-OH is 9. The van der Waals surface area contributed by atoms with Gasteiger partial charge in [-0.05, 0) is 31.6 Å². The number of phosphoric acid groups is 1. The molecule has 0 spiro atoms. The van der Waals surface area contributed by atoms with Crippen molar-refractivity contribution in [3.63, 3.8) is 0 Å². The van der Waals surface area contributed by atoms with Gasteiger partial charge in [0.15, 0.2) is 24.8 Å². The first-order chi connectivity index (χ1) is 55.1. The number of ether oxygens (including phenoxy) is 8. The van der Waals surface area contributed by atoms with Crippen molar-refractivity contribution in [1.82, 2.24) is 0 Å². The number of phosphoric ester groups is 1. The third-order valence-electron chi connectivity index (χ3n) is 23.0. The van der Waals surface area contributed by atoms with Gasteiger partial charge < -0.3 is 88.7 Å². The van der Waals surface area contributed by atoms with Gasteiger partial charge in [0.05, 0.1) is 13.2 Å². The smallest absolute Gasteiger partial charge is 0.463 e. The second-order valence-electron chi connectivity index (χ2n) is 33.5. The Hall–Kier alpha value is -2.53. The fourth-order valence-corrected chi connectivity index (χ4v) is 16.5. The van der Waals surface area contributed by atoms with Crippen LogP contribution in [0.2, 0.25) is 0 Å². The minimum absolute atomic E-state index is 0.0191. The molecule has 0 aromatic heterocycles. The van der Waals surface area contributed by atoms with Crippen LogP contribution in [0, 0.1) is 5.92 Å². The maximum atomic E-state index is 14.9. The quantitative estimate of drug-likeness (QED) is 0.0117. The highest BCUT2D eigenvalue weighted by Gasteiger charge is 2.60. The zero-order valence-electron chi connectivity index (χ0n) is 71.6. The molecule has 25 nitrogen and oxygen atoms in total. The van der Waals surface area contributed by atoms with Crippen LogP contribution in [0.25, 0.3) is 0 Å². The van der Waals surface area contributed by atoms with E-state index >= 15 is 0 Å². The van der Waals surface area contributed by atoms with E-state index in [0.717, 1.165) is 128 Å². The summed E-state index contributed by atoms with van der Waals surface area (Å²) in [6.07, 6.45) is 21.2. The van der Waals surface area contributed by atoms with Gasteiger partial charge in [0.25, 0.3) is 0 Å². The van der Waals surface area contributed by atoms with E-state index in [1.54, 1.807) is 0 Å². The topological polar surface area (TPSA) is 380 Å². The van der Waals surface area contributed by atoms with E-state index in [0.29, 0.717) is 38.0 Å². The van der Waals surface area contributed by atoms with Gasteiger partial charge in [-0.25, -0.2) is 4.57 Å². The molecule has 0 bridgehead atoms. The van der Waals surface area contributed by atoms with Crippen molar-refractivity contribution in [2.75, 3.05) is 26.4 Å². The van der Waals surface area contributed by atoms with Crippen LogP contribution < -0.4 is 0 Å². The molecule has 19 unspecified atom stereocenters. The van der Waals surface area contributed by atoms with E-state index in [1.165, 1.54) is 180 Å². The van der Waals surface area contributed by atoms with Gasteiger partial charge in [0.2, 0.25) is 0 Å². The molecular weight excluding hydrogens is 1490 g/mol. The largest absolute Gasteiger partial charge is 0.472 e. The molecule has 26 heteroatoms. The molecule has 3 aliphatic rings. The van der Waals surface area contributed by atoms with Gasteiger partial charge in [0, 0.05) is 25.7 Å². The first kappa shape index (κ1) is 106. The van der Waals surface area contributed by atoms with Gasteiger partial charge in [-0.3, -0.25) is 28.2 Å². The third kappa shape index (κ3) is 47.6. The summed E-state index contributed by atoms with van der Waals surface area (Å²) in [4.78, 5) is 66.4. The second-order valence-corrected chi connectivity index (χ2v) is 34.9. The van der Waals surface area contributed by atoms with Crippen LogP contribution in [0.5, 0.6) is 0 Å². The highest BCUT2D eigenvalue weighted by atomic mass is 31.2. The lowest BCUT2D eigenvalue weighted by atomic mass is 9.84. The number of unbranched alkanes of at least 4 members (excludes halogenated alkanes) is 46. The van der Waals surface area contributed by atoms with E-state index in [9.17, 15) is 74.6 Å². The summed E-state index contributed by atoms with van der Waals surface area (Å²) in [5.74, 6) is -2.32. The first-order valence-electron chi connectivity index (χ1n) is 46.2. The molecule has 2 saturated heterocycles. The Balaban J connectivity index is 1.94. The van der Waals surface area contributed by atoms with Crippen LogP contribution in [-0.2, 0) is 70.7 Å². The van der Waals surface area contributed by atoms with Crippen molar-refractivity contribution in [2.45, 2.75) is 505 Å². The van der Waals surface area contributed by atoms with E-state index in [4.69, 9.17) is 46.9 Å². The molecule has 3 rings (SSSR count). The molecule has 10 N–H and O–H groups in total. The van der Waals surface area contributed by atoms with Crippen LogP contribution in [0.1, 0.15) is 401 Å². The van der Waals surface area contributed by atoms with Gasteiger partial charge in [-0.2, -0.15) is 0 Å². The molecule has 0 amide bonds. The summed E-state index contributed by atoms with van der Waals surface area (Å²) < 4.78 is 73.4. The first-order valence-corrected chi connectivity index (χ1v) is 47.7. The highest BCUT2D eigenvalue weighted by Crippen LogP contribution is 2.49. The monoisotopic (exact) mass is 1650 g/mol. The molecule has 2 aliphatic heterocycles. The number of carbonyl (C=O) groups is 4. The van der Waals surface area contributed by atoms with Crippen LogP contribution in [0.15, 0.2) is 0 Å². The van der Waals surface area contributed by atoms with Gasteiger partial charge in [-0.15, -0.1) is 0 Å². The summed E-state index contributed by atoms with van der Waals surface area (Å²) in [6.45, 7) is 7.90. The van der Waals surface area contributed by atoms with Crippen LogP contribution >= 0.6 is 7.82 Å². The summed E-state index contributed by atoms with van der Waals surface area (Å²) in [5, 5.41) is 102. The molecule has 0 radical (unpaired) electrons. The molecule has 1 saturated carbocycles. The third-order valence-corrected chi connectivity index (χ3v) is 24.0. The predicted molar refractivity (Wildman–Crippen MR) is 440 cm³/mol. The Morgan fingerprint density at radius 1 is 0.342 bits per heavy atom. The number of rotatable bonds is 74. The Morgan fingerprint density at radius 3 is 1.04 bits per heavy atom. The molecule has 0 aromatic carbocycles. The number of hydrogen-bond donors (Lipinski definition) is 10. The fraction of sp³-hybridized carbons (Fsp3) is 0.955. The lowest BCUT2D eigenvalue weighted by molar-refractivity contribution is -0.360. The van der Waals surface area contributed by atoms with Gasteiger partial charge in [0.1, 0.15) is 92.6 Å². The normalized spacial score (nSPS) is 25.6. The number of esters is 4. The maximum Gasteiger partial charge on any atom is 0.472 e. The summed E-state index contributed by atoms with van der Waals surface area (Å²) in [6, 6.07) is 0. The lowest BCUT2D eigenvalue weighted by Gasteiger charge is -2.50. The van der Waals surface area contributed by atoms with Crippen molar-refractivity contribution in [3.05, 3.63) is 0 Å². The average molecular weight is 1650 g/mol. The van der Waals surface area contributed by atoms with Crippen molar-refractivity contribution in [1.29, 1.82) is 0 Å². The molecule has 114 heavy (non-hydrogen) atoms. The molecule has 19 atom stereocenters. The molecule has 1 aliphatic carbocycles. The minimum Gasteiger partial charge on any atom is -0.463 e. The standard InChI is InChI=1S/C88H165O25P/c1-6-10-14-18-22-25-28-31-34-37-40-47-53-59-71(90)104-64-68(107-73(92)61-55-49-42-39-36-33-30-27-24-20-16-12-8-3)65-106-114(102,103)113-86-84(111-87-81(100)77(96)75(94)69(63-89)108-87)80(99)79(98)83(110-74(93)62-56-50-44-43-46-52-58-67(5)57-51-45-21-17-13-9-4)85(86)112-88-82(101)78(97)76(95)70(109-88)66-105-72(91)60-54-48-41-38-35-32-29-26-23-19-15-11-7-2/h67-70,75-89,94-101H,6-66H2,1-5H3,(H,102,103). The van der Waals surface area contributed by atoms with E-state index in [-0.39, 0.29) is 25.7 Å². The summed E-state index contributed by atoms with van der Waals surface area (Å²) >= 11 is 0. The van der Waals surface area contributed by atoms with E-state index in [1.807, 2.05) is 0 Å². The molecule has 3 fully saturated rings. The summed E-state index contributed by atoms with van der Waals surface area (Å²) in [5.41, 5.74) is 0. The Morgan fingerprint density at radius 2 is 0.658 bits per heavy atom. The van der Waals surface area contributed by atoms with Crippen molar-refractivity contribution >= 4 is 31.7 Å². The molecule has 672 valence electrons. The molecular formula is C88H165O25P. The van der Waals surface area contributed by atoms with Gasteiger partial charge in [-0.1, -0.05) is 349 Å². The van der Waals surface area contributed by atoms with Crippen molar-refractivity contribution < 1.29 is 122 Å². The van der Waals surface area contributed by atoms with E-state index in [2.05, 4.69) is 34.6 Å². The van der Waals surface area contributed by atoms with Gasteiger partial charge >= 0.3 is 31.7 Å².